The molecule has 0 amide bonds. The number of Topliss-reactive ketones (excluding diaryl/α,β-unsaturated/α-hetero) is 1. The lowest BCUT2D eigenvalue weighted by molar-refractivity contribution is -0.125. The zero-order valence-corrected chi connectivity index (χ0v) is 13.9. The van der Waals surface area contributed by atoms with E-state index in [0.717, 1.165) is 12.8 Å². The van der Waals surface area contributed by atoms with Gasteiger partial charge in [-0.1, -0.05) is 25.5 Å². The van der Waals surface area contributed by atoms with Crippen molar-refractivity contribution in [2.45, 2.75) is 53.0 Å². The number of aliphatic hydroxyl groups is 1. The van der Waals surface area contributed by atoms with Gasteiger partial charge in [-0.2, -0.15) is 0 Å². The summed E-state index contributed by atoms with van der Waals surface area (Å²) in [5, 5.41) is 11.9. The van der Waals surface area contributed by atoms with Gasteiger partial charge in [0.2, 0.25) is 0 Å². The van der Waals surface area contributed by atoms with Crippen molar-refractivity contribution in [3.8, 4) is 0 Å². The summed E-state index contributed by atoms with van der Waals surface area (Å²) >= 11 is 0. The van der Waals surface area contributed by atoms with Gasteiger partial charge in [0.1, 0.15) is 5.78 Å². The number of ether oxygens (including phenoxy) is 1. The van der Waals surface area contributed by atoms with E-state index in [2.05, 4.69) is 32.2 Å². The van der Waals surface area contributed by atoms with Gasteiger partial charge < -0.3 is 15.2 Å². The molecule has 0 aromatic heterocycles. The van der Waals surface area contributed by atoms with E-state index in [1.165, 1.54) is 5.57 Å². The van der Waals surface area contributed by atoms with Crippen LogP contribution in [0, 0.1) is 11.3 Å². The van der Waals surface area contributed by atoms with Crippen molar-refractivity contribution >= 4 is 5.78 Å². The van der Waals surface area contributed by atoms with E-state index in [1.54, 1.807) is 0 Å². The van der Waals surface area contributed by atoms with Crippen LogP contribution in [-0.4, -0.2) is 43.3 Å². The number of allylic oxidation sites excluding steroid dienone is 2. The molecular formula is C17H31NO3. The van der Waals surface area contributed by atoms with Crippen LogP contribution in [0.1, 0.15) is 47.0 Å². The average Bonchev–Trinajstić information content (AvgIpc) is 2.37. The summed E-state index contributed by atoms with van der Waals surface area (Å²) in [6, 6.07) is 0.153. The maximum Gasteiger partial charge on any atom is 0.142 e. The second-order valence-corrected chi connectivity index (χ2v) is 6.77. The Bertz CT molecular complexity index is 363. The first-order valence-corrected chi connectivity index (χ1v) is 8.00. The number of carbonyl (C=O) groups excluding carboxylic acids is 1. The van der Waals surface area contributed by atoms with Gasteiger partial charge in [0.05, 0.1) is 19.8 Å². The van der Waals surface area contributed by atoms with Crippen molar-refractivity contribution in [1.29, 1.82) is 0 Å². The quantitative estimate of drug-likeness (QED) is 0.506. The van der Waals surface area contributed by atoms with Crippen LogP contribution in [0.2, 0.25) is 0 Å². The Morgan fingerprint density at radius 1 is 1.52 bits per heavy atom. The number of nitrogens with one attached hydrogen (secondary N) is 1. The summed E-state index contributed by atoms with van der Waals surface area (Å²) in [6.45, 7) is 10.2. The first-order valence-electron chi connectivity index (χ1n) is 8.00. The van der Waals surface area contributed by atoms with E-state index in [4.69, 9.17) is 9.84 Å². The summed E-state index contributed by atoms with van der Waals surface area (Å²) < 4.78 is 5.20. The first kappa shape index (κ1) is 18.3. The molecule has 1 aliphatic rings. The normalized spacial score (nSPS) is 22.7. The maximum absolute atomic E-state index is 12.6. The van der Waals surface area contributed by atoms with Crippen LogP contribution in [0.15, 0.2) is 11.6 Å². The number of rotatable bonds is 9. The summed E-state index contributed by atoms with van der Waals surface area (Å²) in [7, 11) is 0. The lowest BCUT2D eigenvalue weighted by Gasteiger charge is -2.38. The highest BCUT2D eigenvalue weighted by atomic mass is 16.5. The second-order valence-electron chi connectivity index (χ2n) is 6.77. The Balaban J connectivity index is 2.41. The minimum absolute atomic E-state index is 0.0520. The highest BCUT2D eigenvalue weighted by Gasteiger charge is 2.37. The molecule has 2 unspecified atom stereocenters. The summed E-state index contributed by atoms with van der Waals surface area (Å²) in [5.41, 5.74) is 1.30. The SMILES string of the molecule is CC1=CCCC(C)(C)C1C(=O)CC(C)NCCOCCO. The zero-order valence-electron chi connectivity index (χ0n) is 13.9. The minimum atomic E-state index is 0.0520. The largest absolute Gasteiger partial charge is 0.394 e. The number of ketones is 1. The van der Waals surface area contributed by atoms with Gasteiger partial charge in [0, 0.05) is 24.9 Å². The zero-order chi connectivity index (χ0) is 15.9. The van der Waals surface area contributed by atoms with Gasteiger partial charge in [-0.05, 0) is 32.1 Å². The van der Waals surface area contributed by atoms with Gasteiger partial charge >= 0.3 is 0 Å². The molecule has 0 aliphatic heterocycles. The van der Waals surface area contributed by atoms with Crippen LogP contribution in [-0.2, 0) is 9.53 Å². The number of aliphatic hydroxyl groups excluding tert-OH is 1. The fraction of sp³-hybridized carbons (Fsp3) is 0.824. The van der Waals surface area contributed by atoms with Crippen molar-refractivity contribution in [3.05, 3.63) is 11.6 Å². The van der Waals surface area contributed by atoms with E-state index in [-0.39, 0.29) is 24.0 Å². The fourth-order valence-electron chi connectivity index (χ4n) is 3.28. The predicted octanol–water partition coefficient (Wildman–Crippen LogP) is 2.32. The third kappa shape index (κ3) is 5.89. The second kappa shape index (κ2) is 8.66. The highest BCUT2D eigenvalue weighted by Crippen LogP contribution is 2.41. The molecule has 4 heteroatoms. The van der Waals surface area contributed by atoms with Gasteiger partial charge in [-0.3, -0.25) is 4.79 Å². The van der Waals surface area contributed by atoms with Crippen LogP contribution < -0.4 is 5.32 Å². The molecule has 4 nitrogen and oxygen atoms in total. The molecule has 0 bridgehead atoms. The number of hydrogen-bond acceptors (Lipinski definition) is 4. The first-order chi connectivity index (χ1) is 9.88. The van der Waals surface area contributed by atoms with E-state index in [9.17, 15) is 4.79 Å². The Hall–Kier alpha value is -0.710. The van der Waals surface area contributed by atoms with Gasteiger partial charge in [0.25, 0.3) is 0 Å². The molecule has 0 radical (unpaired) electrons. The molecule has 1 aliphatic carbocycles. The highest BCUT2D eigenvalue weighted by molar-refractivity contribution is 5.85. The molecule has 2 atom stereocenters. The Kier molecular flexibility index (Phi) is 7.57. The van der Waals surface area contributed by atoms with Crippen molar-refractivity contribution in [2.24, 2.45) is 11.3 Å². The molecule has 0 saturated carbocycles. The number of carbonyl (C=O) groups is 1. The molecule has 122 valence electrons. The van der Waals surface area contributed by atoms with Crippen LogP contribution in [0.25, 0.3) is 0 Å². The molecule has 1 rings (SSSR count). The standard InChI is InChI=1S/C17H31NO3/c1-13-6-5-7-17(3,4)16(13)15(20)12-14(2)18-8-10-21-11-9-19/h6,14,16,18-19H,5,7-12H2,1-4H3. The fourth-order valence-corrected chi connectivity index (χ4v) is 3.28. The van der Waals surface area contributed by atoms with E-state index < -0.39 is 0 Å². The molecule has 0 spiro atoms. The molecule has 0 heterocycles. The van der Waals surface area contributed by atoms with E-state index >= 15 is 0 Å². The van der Waals surface area contributed by atoms with Crippen LogP contribution in [0.5, 0.6) is 0 Å². The van der Waals surface area contributed by atoms with E-state index in [0.29, 0.717) is 32.0 Å². The third-order valence-corrected chi connectivity index (χ3v) is 4.30. The van der Waals surface area contributed by atoms with Crippen molar-refractivity contribution < 1.29 is 14.6 Å². The molecule has 2 N–H and O–H groups in total. The van der Waals surface area contributed by atoms with Crippen LogP contribution in [0.3, 0.4) is 0 Å². The Labute approximate surface area is 129 Å². The predicted molar refractivity (Wildman–Crippen MR) is 85.3 cm³/mol. The molecule has 0 aromatic rings. The Morgan fingerprint density at radius 3 is 2.86 bits per heavy atom. The Morgan fingerprint density at radius 2 is 2.24 bits per heavy atom. The van der Waals surface area contributed by atoms with Gasteiger partial charge in [-0.15, -0.1) is 0 Å². The summed E-state index contributed by atoms with van der Waals surface area (Å²) in [5.74, 6) is 0.394. The van der Waals surface area contributed by atoms with Crippen LogP contribution in [0.4, 0.5) is 0 Å². The third-order valence-electron chi connectivity index (χ3n) is 4.30. The van der Waals surface area contributed by atoms with Gasteiger partial charge in [-0.25, -0.2) is 0 Å². The smallest absolute Gasteiger partial charge is 0.142 e. The van der Waals surface area contributed by atoms with Crippen molar-refractivity contribution in [1.82, 2.24) is 5.32 Å². The minimum Gasteiger partial charge on any atom is -0.394 e. The topological polar surface area (TPSA) is 58.6 Å². The van der Waals surface area contributed by atoms with E-state index in [1.807, 2.05) is 6.92 Å². The molecule has 0 aromatic carbocycles. The molecule has 21 heavy (non-hydrogen) atoms. The molecule has 0 fully saturated rings. The van der Waals surface area contributed by atoms with Crippen molar-refractivity contribution in [3.63, 3.8) is 0 Å². The number of hydrogen-bond donors (Lipinski definition) is 2. The molecular weight excluding hydrogens is 266 g/mol. The van der Waals surface area contributed by atoms with Gasteiger partial charge in [0.15, 0.2) is 0 Å². The average molecular weight is 297 g/mol. The maximum atomic E-state index is 12.6. The summed E-state index contributed by atoms with van der Waals surface area (Å²) in [4.78, 5) is 12.6. The van der Waals surface area contributed by atoms with Crippen LogP contribution >= 0.6 is 0 Å². The monoisotopic (exact) mass is 297 g/mol. The lowest BCUT2D eigenvalue weighted by Crippen LogP contribution is -2.38. The van der Waals surface area contributed by atoms with Crippen molar-refractivity contribution in [2.75, 3.05) is 26.4 Å². The lowest BCUT2D eigenvalue weighted by atomic mass is 9.66. The summed E-state index contributed by atoms with van der Waals surface area (Å²) in [6.07, 6.45) is 4.93. The molecule has 0 saturated heterocycles.